The van der Waals surface area contributed by atoms with E-state index < -0.39 is 40.3 Å². The topological polar surface area (TPSA) is 98.7 Å². The van der Waals surface area contributed by atoms with Crippen molar-refractivity contribution >= 4 is 39.0 Å². The van der Waals surface area contributed by atoms with Crippen molar-refractivity contribution in [3.05, 3.63) is 28.2 Å². The van der Waals surface area contributed by atoms with Crippen LogP contribution in [0.4, 0.5) is 0 Å². The average Bonchev–Trinajstić information content (AvgIpc) is 2.44. The van der Waals surface area contributed by atoms with E-state index in [-0.39, 0.29) is 6.42 Å². The number of rotatable bonds is 8. The molecule has 0 heterocycles. The van der Waals surface area contributed by atoms with Crippen molar-refractivity contribution in [1.29, 1.82) is 0 Å². The lowest BCUT2D eigenvalue weighted by molar-refractivity contribution is -0.140. The molecule has 1 rings (SSSR count). The van der Waals surface area contributed by atoms with Crippen LogP contribution >= 0.6 is 15.9 Å². The summed E-state index contributed by atoms with van der Waals surface area (Å²) in [7, 11) is 1.50. The van der Waals surface area contributed by atoms with Gasteiger partial charge in [0, 0.05) is 27.8 Å². The molecule has 0 amide bonds. The molecule has 0 radical (unpaired) electrons. The fourth-order valence-electron chi connectivity index (χ4n) is 1.96. The predicted molar refractivity (Wildman–Crippen MR) is 96.3 cm³/mol. The molecule has 8 heteroatoms. The van der Waals surface area contributed by atoms with Gasteiger partial charge in [0.1, 0.15) is 22.7 Å². The van der Waals surface area contributed by atoms with E-state index in [1.165, 1.54) is 7.11 Å². The number of nitrogens with one attached hydrogen (secondary N) is 1. The number of methoxy groups -OCH3 is 1. The Hall–Kier alpha value is -1.09. The van der Waals surface area contributed by atoms with Gasteiger partial charge in [-0.15, -0.1) is 4.72 Å². The van der Waals surface area contributed by atoms with Crippen LogP contribution in [0.3, 0.4) is 0 Å². The highest BCUT2D eigenvalue weighted by molar-refractivity contribution is 9.10. The summed E-state index contributed by atoms with van der Waals surface area (Å²) in [6, 6.07) is 4.67. The van der Waals surface area contributed by atoms with Crippen molar-refractivity contribution < 1.29 is 24.0 Å². The first kappa shape index (κ1) is 21.0. The Bertz CT molecular complexity index is 603. The first-order chi connectivity index (χ1) is 11.0. The molecule has 0 aliphatic rings. The number of ether oxygens (including phenoxy) is 1. The lowest BCUT2D eigenvalue weighted by Gasteiger charge is -2.28. The molecule has 1 aromatic carbocycles. The van der Waals surface area contributed by atoms with Crippen LogP contribution < -0.4 is 9.46 Å². The number of hydrogen-bond acceptors (Lipinski definition) is 5. The number of carboxylic acid groups (broad SMARTS) is 1. The third kappa shape index (κ3) is 6.43. The normalized spacial score (nSPS) is 14.1. The van der Waals surface area contributed by atoms with Crippen LogP contribution in [-0.2, 0) is 21.0 Å². The van der Waals surface area contributed by atoms with Crippen LogP contribution in [0, 0.1) is 0 Å². The maximum absolute atomic E-state index is 12.4. The van der Waals surface area contributed by atoms with E-state index in [1.807, 2.05) is 20.8 Å². The minimum absolute atomic E-state index is 0.0912. The van der Waals surface area contributed by atoms with Crippen LogP contribution in [-0.4, -0.2) is 33.3 Å². The maximum Gasteiger partial charge on any atom is 0.310 e. The zero-order chi connectivity index (χ0) is 18.5. The lowest BCUT2D eigenvalue weighted by Crippen LogP contribution is -2.42. The van der Waals surface area contributed by atoms with Gasteiger partial charge in [-0.1, -0.05) is 22.0 Å². The van der Waals surface area contributed by atoms with E-state index in [0.29, 0.717) is 11.3 Å². The number of carbonyl (C=O) groups is 2. The zero-order valence-electron chi connectivity index (χ0n) is 14.1. The van der Waals surface area contributed by atoms with E-state index in [2.05, 4.69) is 20.7 Å². The molecule has 6 nitrogen and oxygen atoms in total. The number of hydrogen-bond donors (Lipinski definition) is 2. The summed E-state index contributed by atoms with van der Waals surface area (Å²) in [5, 5.41) is 8.78. The molecule has 0 saturated heterocycles. The third-order valence-corrected chi connectivity index (χ3v) is 5.26. The molecular weight excluding hydrogens is 398 g/mol. The number of carboxylic acids is 1. The number of ketones is 1. The number of benzene rings is 1. The monoisotopic (exact) mass is 419 g/mol. The Kier molecular flexibility index (Phi) is 7.72. The highest BCUT2D eigenvalue weighted by atomic mass is 79.9. The van der Waals surface area contributed by atoms with Gasteiger partial charge < -0.3 is 14.4 Å². The number of halogens is 1. The van der Waals surface area contributed by atoms with Crippen molar-refractivity contribution in [2.24, 2.45) is 0 Å². The summed E-state index contributed by atoms with van der Waals surface area (Å²) < 4.78 is 21.0. The van der Waals surface area contributed by atoms with Gasteiger partial charge in [0.05, 0.1) is 13.2 Å². The smallest absolute Gasteiger partial charge is 0.310 e. The Labute approximate surface area is 153 Å². The molecule has 2 unspecified atom stereocenters. The summed E-state index contributed by atoms with van der Waals surface area (Å²) >= 11 is 1.92. The molecule has 0 aliphatic heterocycles. The van der Waals surface area contributed by atoms with Crippen molar-refractivity contribution in [1.82, 2.24) is 4.72 Å². The summed E-state index contributed by atoms with van der Waals surface area (Å²) in [5.74, 6) is -1.11. The lowest BCUT2D eigenvalue weighted by atomic mass is 10.00. The fourth-order valence-corrected chi connectivity index (χ4v) is 3.12. The van der Waals surface area contributed by atoms with Crippen LogP contribution in [0.2, 0.25) is 0 Å². The minimum Gasteiger partial charge on any atom is -0.598 e. The second kappa shape index (κ2) is 8.84. The Morgan fingerprint density at radius 1 is 1.42 bits per heavy atom. The van der Waals surface area contributed by atoms with Crippen LogP contribution in [0.1, 0.15) is 45.2 Å². The van der Waals surface area contributed by atoms with Crippen molar-refractivity contribution in [2.45, 2.75) is 44.4 Å². The highest BCUT2D eigenvalue weighted by Gasteiger charge is 2.32. The van der Waals surface area contributed by atoms with E-state index in [9.17, 15) is 14.1 Å². The Morgan fingerprint density at radius 2 is 2.04 bits per heavy atom. The van der Waals surface area contributed by atoms with E-state index in [4.69, 9.17) is 9.84 Å². The summed E-state index contributed by atoms with van der Waals surface area (Å²) in [4.78, 5) is 22.7. The van der Waals surface area contributed by atoms with Crippen molar-refractivity contribution in [2.75, 3.05) is 7.11 Å². The largest absolute Gasteiger partial charge is 0.598 e. The van der Waals surface area contributed by atoms with Gasteiger partial charge in [-0.3, -0.25) is 9.59 Å². The van der Waals surface area contributed by atoms with Gasteiger partial charge in [-0.2, -0.15) is 0 Å². The molecule has 0 aromatic heterocycles. The second-order valence-electron chi connectivity index (χ2n) is 6.25. The zero-order valence-corrected chi connectivity index (χ0v) is 16.5. The van der Waals surface area contributed by atoms with E-state index >= 15 is 0 Å². The second-order valence-corrected chi connectivity index (χ2v) is 9.16. The van der Waals surface area contributed by atoms with Crippen LogP contribution in [0.5, 0.6) is 5.75 Å². The van der Waals surface area contributed by atoms with Gasteiger partial charge in [0.15, 0.2) is 0 Å². The summed E-state index contributed by atoms with van der Waals surface area (Å²) in [5.41, 5.74) is 0.650. The molecule has 24 heavy (non-hydrogen) atoms. The molecule has 2 atom stereocenters. The number of carbonyl (C=O) groups excluding carboxylic acids is 1. The SMILES string of the molecule is COc1cc(Br)ccc1C(CC(=O)CC(=O)O)N[S+]([O-])C(C)(C)C. The van der Waals surface area contributed by atoms with Gasteiger partial charge in [-0.05, 0) is 32.9 Å². The molecule has 0 fully saturated rings. The molecule has 1 aromatic rings. The highest BCUT2D eigenvalue weighted by Crippen LogP contribution is 2.32. The van der Waals surface area contributed by atoms with Gasteiger partial charge in [0.25, 0.3) is 0 Å². The molecule has 0 bridgehead atoms. The molecule has 0 spiro atoms. The number of aliphatic carboxylic acids is 1. The predicted octanol–water partition coefficient (Wildman–Crippen LogP) is 2.98. The quantitative estimate of drug-likeness (QED) is 0.496. The fraction of sp³-hybridized carbons (Fsp3) is 0.500. The van der Waals surface area contributed by atoms with Crippen molar-refractivity contribution in [3.63, 3.8) is 0 Å². The molecule has 2 N–H and O–H groups in total. The Morgan fingerprint density at radius 3 is 2.54 bits per heavy atom. The first-order valence-electron chi connectivity index (χ1n) is 7.29. The van der Waals surface area contributed by atoms with E-state index in [0.717, 1.165) is 4.47 Å². The molecule has 0 aliphatic carbocycles. The van der Waals surface area contributed by atoms with E-state index in [1.54, 1.807) is 18.2 Å². The number of Topliss-reactive ketones (excluding diaryl/α,β-unsaturated/α-hetero) is 1. The molecule has 134 valence electrons. The molecule has 0 saturated carbocycles. The standard InChI is InChI=1S/C16H22BrNO5S/c1-16(2,3)24(22)18-13(8-11(19)9-15(20)21)12-6-5-10(17)7-14(12)23-4/h5-7,13,18H,8-9H2,1-4H3,(H,20,21). The minimum atomic E-state index is -1.43. The van der Waals surface area contributed by atoms with Gasteiger partial charge >= 0.3 is 5.97 Å². The van der Waals surface area contributed by atoms with Crippen LogP contribution in [0.15, 0.2) is 22.7 Å². The van der Waals surface area contributed by atoms with Gasteiger partial charge in [-0.25, -0.2) is 0 Å². The maximum atomic E-state index is 12.4. The third-order valence-electron chi connectivity index (χ3n) is 3.16. The Balaban J connectivity index is 3.13. The average molecular weight is 420 g/mol. The summed E-state index contributed by atoms with van der Waals surface area (Å²) in [6.45, 7) is 5.43. The first-order valence-corrected chi connectivity index (χ1v) is 9.24. The molecular formula is C16H22BrNO5S. The summed E-state index contributed by atoms with van der Waals surface area (Å²) in [6.07, 6.45) is -0.661. The van der Waals surface area contributed by atoms with Crippen LogP contribution in [0.25, 0.3) is 0 Å². The van der Waals surface area contributed by atoms with Crippen molar-refractivity contribution in [3.8, 4) is 5.75 Å². The van der Waals surface area contributed by atoms with Gasteiger partial charge in [0.2, 0.25) is 0 Å².